The molecule has 3 unspecified atom stereocenters. The van der Waals surface area contributed by atoms with Gasteiger partial charge in [-0.05, 0) is 45.4 Å². The number of rotatable bonds is 5. The van der Waals surface area contributed by atoms with Gasteiger partial charge in [0.15, 0.2) is 0 Å². The topological polar surface area (TPSA) is 47.9 Å². The number of aliphatic hydroxyl groups is 1. The molecule has 0 bridgehead atoms. The zero-order chi connectivity index (χ0) is 13.9. The predicted molar refractivity (Wildman–Crippen MR) is 73.1 cm³/mol. The van der Waals surface area contributed by atoms with E-state index >= 15 is 0 Å². The van der Waals surface area contributed by atoms with Crippen LogP contribution in [0.3, 0.4) is 0 Å². The van der Waals surface area contributed by atoms with Crippen molar-refractivity contribution in [3.05, 3.63) is 0 Å². The van der Waals surface area contributed by atoms with Gasteiger partial charge >= 0.3 is 0 Å². The number of hydrogen-bond acceptors (Lipinski definition) is 4. The first-order valence-electron chi connectivity index (χ1n) is 7.58. The largest absolute Gasteiger partial charge is 0.389 e. The highest BCUT2D eigenvalue weighted by atomic mass is 16.6. The second-order valence-electron chi connectivity index (χ2n) is 6.27. The van der Waals surface area contributed by atoms with E-state index in [0.717, 1.165) is 32.3 Å². The molecule has 0 amide bonds. The smallest absolute Gasteiger partial charge is 0.0862 e. The summed E-state index contributed by atoms with van der Waals surface area (Å²) in [5, 5.41) is 10.7. The molecular formula is C15H28O4. The SMILES string of the molecule is CC(C)OC1CCOC1CC(C)C1(O)CCOCC1. The summed E-state index contributed by atoms with van der Waals surface area (Å²) in [7, 11) is 0. The minimum absolute atomic E-state index is 0.129. The van der Waals surface area contributed by atoms with Crippen LogP contribution in [0.4, 0.5) is 0 Å². The van der Waals surface area contributed by atoms with Gasteiger partial charge in [0.05, 0.1) is 23.9 Å². The van der Waals surface area contributed by atoms with Crippen LogP contribution in [0.2, 0.25) is 0 Å². The zero-order valence-electron chi connectivity index (χ0n) is 12.4. The first kappa shape index (κ1) is 15.2. The molecule has 19 heavy (non-hydrogen) atoms. The van der Waals surface area contributed by atoms with E-state index in [2.05, 4.69) is 20.8 Å². The average Bonchev–Trinajstić information content (AvgIpc) is 2.76. The van der Waals surface area contributed by atoms with Crippen LogP contribution in [0, 0.1) is 5.92 Å². The van der Waals surface area contributed by atoms with Crippen LogP contribution >= 0.6 is 0 Å². The molecular weight excluding hydrogens is 244 g/mol. The second-order valence-corrected chi connectivity index (χ2v) is 6.27. The lowest BCUT2D eigenvalue weighted by Gasteiger charge is -2.38. The molecule has 0 aromatic carbocycles. The molecule has 3 atom stereocenters. The molecule has 0 saturated carbocycles. The van der Waals surface area contributed by atoms with E-state index in [1.807, 2.05) is 0 Å². The summed E-state index contributed by atoms with van der Waals surface area (Å²) in [6.07, 6.45) is 3.85. The number of hydrogen-bond donors (Lipinski definition) is 1. The molecule has 2 rings (SSSR count). The van der Waals surface area contributed by atoms with Crippen LogP contribution in [0.1, 0.15) is 46.5 Å². The third kappa shape index (κ3) is 3.91. The maximum atomic E-state index is 10.7. The van der Waals surface area contributed by atoms with Gasteiger partial charge in [0.25, 0.3) is 0 Å². The van der Waals surface area contributed by atoms with E-state index in [0.29, 0.717) is 13.2 Å². The van der Waals surface area contributed by atoms with Gasteiger partial charge in [-0.1, -0.05) is 6.92 Å². The first-order valence-corrected chi connectivity index (χ1v) is 7.58. The van der Waals surface area contributed by atoms with Crippen molar-refractivity contribution in [2.75, 3.05) is 19.8 Å². The summed E-state index contributed by atoms with van der Waals surface area (Å²) in [5.41, 5.74) is -0.591. The molecule has 0 spiro atoms. The molecule has 0 aromatic heterocycles. The van der Waals surface area contributed by atoms with Crippen LogP contribution in [-0.4, -0.2) is 48.8 Å². The van der Waals surface area contributed by atoms with Gasteiger partial charge in [-0.3, -0.25) is 0 Å². The molecule has 0 aromatic rings. The van der Waals surface area contributed by atoms with Crippen LogP contribution in [0.15, 0.2) is 0 Å². The molecule has 2 heterocycles. The Morgan fingerprint density at radius 1 is 1.21 bits per heavy atom. The Balaban J connectivity index is 1.88. The Labute approximate surface area is 116 Å². The summed E-state index contributed by atoms with van der Waals surface area (Å²) < 4.78 is 17.1. The summed E-state index contributed by atoms with van der Waals surface area (Å²) >= 11 is 0. The first-order chi connectivity index (χ1) is 9.01. The van der Waals surface area contributed by atoms with Crippen LogP contribution < -0.4 is 0 Å². The van der Waals surface area contributed by atoms with Gasteiger partial charge in [0, 0.05) is 19.8 Å². The molecule has 1 N–H and O–H groups in total. The molecule has 0 aliphatic carbocycles. The van der Waals surface area contributed by atoms with E-state index in [1.165, 1.54) is 0 Å². The van der Waals surface area contributed by atoms with E-state index < -0.39 is 5.60 Å². The van der Waals surface area contributed by atoms with Gasteiger partial charge < -0.3 is 19.3 Å². The summed E-state index contributed by atoms with van der Waals surface area (Å²) in [6, 6.07) is 0. The van der Waals surface area contributed by atoms with Gasteiger partial charge in [-0.25, -0.2) is 0 Å². The molecule has 2 fully saturated rings. The van der Waals surface area contributed by atoms with Crippen molar-refractivity contribution in [3.63, 3.8) is 0 Å². The second kappa shape index (κ2) is 6.53. The van der Waals surface area contributed by atoms with Crippen LogP contribution in [-0.2, 0) is 14.2 Å². The Bertz CT molecular complexity index is 273. The van der Waals surface area contributed by atoms with Crippen molar-refractivity contribution >= 4 is 0 Å². The summed E-state index contributed by atoms with van der Waals surface area (Å²) in [6.45, 7) is 8.35. The fourth-order valence-corrected chi connectivity index (χ4v) is 3.14. The quantitative estimate of drug-likeness (QED) is 0.833. The van der Waals surface area contributed by atoms with Crippen molar-refractivity contribution in [1.29, 1.82) is 0 Å². The van der Waals surface area contributed by atoms with E-state index in [1.54, 1.807) is 0 Å². The van der Waals surface area contributed by atoms with E-state index in [4.69, 9.17) is 14.2 Å². The van der Waals surface area contributed by atoms with Gasteiger partial charge in [0.2, 0.25) is 0 Å². The molecule has 2 aliphatic rings. The fourth-order valence-electron chi connectivity index (χ4n) is 3.14. The lowest BCUT2D eigenvalue weighted by Crippen LogP contribution is -2.44. The van der Waals surface area contributed by atoms with Crippen molar-refractivity contribution in [2.45, 2.75) is 70.4 Å². The van der Waals surface area contributed by atoms with Crippen molar-refractivity contribution in [2.24, 2.45) is 5.92 Å². The van der Waals surface area contributed by atoms with Gasteiger partial charge in [-0.2, -0.15) is 0 Å². The lowest BCUT2D eigenvalue weighted by atomic mass is 9.79. The maximum absolute atomic E-state index is 10.7. The van der Waals surface area contributed by atoms with E-state index in [-0.39, 0.29) is 24.2 Å². The molecule has 4 nitrogen and oxygen atoms in total. The summed E-state index contributed by atoms with van der Waals surface area (Å²) in [5.74, 6) is 0.220. The monoisotopic (exact) mass is 272 g/mol. The molecule has 2 aliphatic heterocycles. The van der Waals surface area contributed by atoms with E-state index in [9.17, 15) is 5.11 Å². The molecule has 112 valence electrons. The Hall–Kier alpha value is -0.160. The zero-order valence-corrected chi connectivity index (χ0v) is 12.4. The van der Waals surface area contributed by atoms with Gasteiger partial charge in [-0.15, -0.1) is 0 Å². The predicted octanol–water partition coefficient (Wildman–Crippen LogP) is 2.14. The normalized spacial score (nSPS) is 32.7. The maximum Gasteiger partial charge on any atom is 0.0862 e. The van der Waals surface area contributed by atoms with Gasteiger partial charge in [0.1, 0.15) is 0 Å². The van der Waals surface area contributed by atoms with Crippen LogP contribution in [0.5, 0.6) is 0 Å². The lowest BCUT2D eigenvalue weighted by molar-refractivity contribution is -0.113. The highest BCUT2D eigenvalue weighted by molar-refractivity contribution is 4.90. The third-order valence-corrected chi connectivity index (χ3v) is 4.46. The van der Waals surface area contributed by atoms with Crippen molar-refractivity contribution in [1.82, 2.24) is 0 Å². The molecule has 2 saturated heterocycles. The van der Waals surface area contributed by atoms with Crippen molar-refractivity contribution < 1.29 is 19.3 Å². The average molecular weight is 272 g/mol. The molecule has 0 radical (unpaired) electrons. The minimum atomic E-state index is -0.591. The van der Waals surface area contributed by atoms with Crippen LogP contribution in [0.25, 0.3) is 0 Å². The summed E-state index contributed by atoms with van der Waals surface area (Å²) in [4.78, 5) is 0. The highest BCUT2D eigenvalue weighted by Crippen LogP contribution is 2.34. The third-order valence-electron chi connectivity index (χ3n) is 4.46. The minimum Gasteiger partial charge on any atom is -0.389 e. The fraction of sp³-hybridized carbons (Fsp3) is 1.00. The standard InChI is InChI=1S/C15H28O4/c1-11(2)19-13-4-7-18-14(13)10-12(3)15(16)5-8-17-9-6-15/h11-14,16H,4-10H2,1-3H3. The van der Waals surface area contributed by atoms with Crippen molar-refractivity contribution in [3.8, 4) is 0 Å². The Kier molecular flexibility index (Phi) is 5.23. The number of ether oxygens (including phenoxy) is 3. The highest BCUT2D eigenvalue weighted by Gasteiger charge is 2.40. The Morgan fingerprint density at radius 2 is 1.89 bits per heavy atom. The molecule has 4 heteroatoms. The Morgan fingerprint density at radius 3 is 2.53 bits per heavy atom.